The predicted octanol–water partition coefficient (Wildman–Crippen LogP) is 2.81. The Morgan fingerprint density at radius 2 is 2.21 bits per heavy atom. The Bertz CT molecular complexity index is 597. The van der Waals surface area contributed by atoms with Crippen molar-refractivity contribution in [1.29, 1.82) is 0 Å². The van der Waals surface area contributed by atoms with Gasteiger partial charge in [-0.1, -0.05) is 11.2 Å². The number of nitrogens with zero attached hydrogens (tertiary/aromatic N) is 2. The lowest BCUT2D eigenvalue weighted by atomic mass is 10.1. The van der Waals surface area contributed by atoms with E-state index in [0.717, 1.165) is 24.8 Å². The minimum Gasteiger partial charge on any atom is -0.392 e. The van der Waals surface area contributed by atoms with Crippen LogP contribution in [0.25, 0.3) is 11.4 Å². The Hall–Kier alpha value is -1.75. The third-order valence-corrected chi connectivity index (χ3v) is 3.68. The topological polar surface area (TPSA) is 59.2 Å². The number of aromatic nitrogens is 2. The van der Waals surface area contributed by atoms with Crippen LogP contribution in [0, 0.1) is 12.7 Å². The molecule has 0 amide bonds. The minimum absolute atomic E-state index is 0.0879. The molecular weight excluding hydrogens is 247 g/mol. The zero-order valence-corrected chi connectivity index (χ0v) is 10.6. The molecule has 1 aliphatic rings. The summed E-state index contributed by atoms with van der Waals surface area (Å²) in [5.41, 5.74) is 1.52. The Balaban J connectivity index is 1.94. The van der Waals surface area contributed by atoms with Crippen molar-refractivity contribution in [3.05, 3.63) is 35.5 Å². The molecule has 0 bridgehead atoms. The van der Waals surface area contributed by atoms with Gasteiger partial charge in [-0.2, -0.15) is 4.98 Å². The lowest BCUT2D eigenvalue weighted by Crippen LogP contribution is -2.11. The molecule has 2 aromatic rings. The van der Waals surface area contributed by atoms with E-state index in [4.69, 9.17) is 4.52 Å². The fourth-order valence-electron chi connectivity index (χ4n) is 2.56. The van der Waals surface area contributed by atoms with Crippen molar-refractivity contribution in [2.24, 2.45) is 0 Å². The second-order valence-corrected chi connectivity index (χ2v) is 5.02. The van der Waals surface area contributed by atoms with Crippen LogP contribution in [0.1, 0.15) is 36.6 Å². The molecule has 1 fully saturated rings. The number of halogens is 1. The second kappa shape index (κ2) is 4.74. The molecule has 3 rings (SSSR count). The molecule has 0 spiro atoms. The molecule has 2 atom stereocenters. The molecule has 1 aromatic carbocycles. The molecule has 19 heavy (non-hydrogen) atoms. The van der Waals surface area contributed by atoms with Gasteiger partial charge in [-0.3, -0.25) is 0 Å². The van der Waals surface area contributed by atoms with Crippen LogP contribution in [-0.4, -0.2) is 21.4 Å². The average Bonchev–Trinajstić information content (AvgIpc) is 3.00. The summed E-state index contributed by atoms with van der Waals surface area (Å²) in [5.74, 6) is 0.415. The molecule has 0 saturated heterocycles. The molecule has 1 aliphatic carbocycles. The summed E-state index contributed by atoms with van der Waals surface area (Å²) in [6.45, 7) is 1.87. The first-order valence-corrected chi connectivity index (χ1v) is 6.43. The van der Waals surface area contributed by atoms with Crippen LogP contribution in [0.15, 0.2) is 22.7 Å². The molecule has 100 valence electrons. The van der Waals surface area contributed by atoms with E-state index in [1.807, 2.05) is 6.92 Å². The summed E-state index contributed by atoms with van der Waals surface area (Å²) in [6, 6.07) is 4.49. The summed E-state index contributed by atoms with van der Waals surface area (Å²) in [5, 5.41) is 13.7. The highest BCUT2D eigenvalue weighted by Gasteiger charge is 2.31. The third kappa shape index (κ3) is 2.26. The first-order chi connectivity index (χ1) is 9.15. The zero-order valence-electron chi connectivity index (χ0n) is 10.6. The van der Waals surface area contributed by atoms with Crippen molar-refractivity contribution >= 4 is 0 Å². The largest absolute Gasteiger partial charge is 0.392 e. The maximum Gasteiger partial charge on any atom is 0.232 e. The van der Waals surface area contributed by atoms with Gasteiger partial charge < -0.3 is 9.63 Å². The smallest absolute Gasteiger partial charge is 0.232 e. The Morgan fingerprint density at radius 3 is 2.95 bits per heavy atom. The van der Waals surface area contributed by atoms with Crippen molar-refractivity contribution in [2.75, 3.05) is 0 Å². The van der Waals surface area contributed by atoms with Crippen molar-refractivity contribution in [1.82, 2.24) is 10.1 Å². The van der Waals surface area contributed by atoms with Gasteiger partial charge in [0.25, 0.3) is 0 Å². The van der Waals surface area contributed by atoms with Gasteiger partial charge in [0.1, 0.15) is 5.82 Å². The molecule has 4 nitrogen and oxygen atoms in total. The van der Waals surface area contributed by atoms with Crippen molar-refractivity contribution in [3.8, 4) is 11.4 Å². The zero-order chi connectivity index (χ0) is 13.4. The number of benzene rings is 1. The summed E-state index contributed by atoms with van der Waals surface area (Å²) >= 11 is 0. The van der Waals surface area contributed by atoms with Crippen LogP contribution in [0.3, 0.4) is 0 Å². The Labute approximate surface area is 110 Å². The fourth-order valence-corrected chi connectivity index (χ4v) is 2.56. The van der Waals surface area contributed by atoms with E-state index in [9.17, 15) is 9.50 Å². The highest BCUT2D eigenvalue weighted by atomic mass is 19.1. The molecular formula is C14H15FN2O2. The van der Waals surface area contributed by atoms with Crippen LogP contribution in [-0.2, 0) is 0 Å². The highest BCUT2D eigenvalue weighted by molar-refractivity contribution is 5.59. The summed E-state index contributed by atoms with van der Waals surface area (Å²) in [7, 11) is 0. The van der Waals surface area contributed by atoms with Gasteiger partial charge in [0.2, 0.25) is 11.7 Å². The molecule has 0 radical (unpaired) electrons. The van der Waals surface area contributed by atoms with Gasteiger partial charge in [0.05, 0.1) is 12.0 Å². The molecule has 0 aliphatic heterocycles. The predicted molar refractivity (Wildman–Crippen MR) is 67.0 cm³/mol. The van der Waals surface area contributed by atoms with Crippen LogP contribution >= 0.6 is 0 Å². The van der Waals surface area contributed by atoms with E-state index in [0.29, 0.717) is 17.3 Å². The minimum atomic E-state index is -0.415. The fraction of sp³-hybridized carbons (Fsp3) is 0.429. The summed E-state index contributed by atoms with van der Waals surface area (Å²) in [6.07, 6.45) is 2.16. The maximum atomic E-state index is 13.3. The van der Waals surface area contributed by atoms with Crippen molar-refractivity contribution < 1.29 is 14.0 Å². The van der Waals surface area contributed by atoms with E-state index in [1.165, 1.54) is 12.1 Å². The summed E-state index contributed by atoms with van der Waals surface area (Å²) < 4.78 is 18.5. The van der Waals surface area contributed by atoms with Crippen LogP contribution in [0.4, 0.5) is 4.39 Å². The number of aliphatic hydroxyl groups is 1. The average molecular weight is 262 g/mol. The van der Waals surface area contributed by atoms with Crippen LogP contribution < -0.4 is 0 Å². The molecule has 2 unspecified atom stereocenters. The van der Waals surface area contributed by atoms with Crippen LogP contribution in [0.5, 0.6) is 0 Å². The van der Waals surface area contributed by atoms with Crippen molar-refractivity contribution in [2.45, 2.75) is 38.2 Å². The van der Waals surface area contributed by atoms with Gasteiger partial charge in [0.15, 0.2) is 0 Å². The lowest BCUT2D eigenvalue weighted by molar-refractivity contribution is 0.148. The van der Waals surface area contributed by atoms with Gasteiger partial charge in [-0.15, -0.1) is 0 Å². The number of rotatable bonds is 2. The first-order valence-electron chi connectivity index (χ1n) is 6.43. The molecule has 1 N–H and O–H groups in total. The summed E-state index contributed by atoms with van der Waals surface area (Å²) in [4.78, 5) is 4.31. The first kappa shape index (κ1) is 12.3. The van der Waals surface area contributed by atoms with E-state index in [1.54, 1.807) is 6.07 Å². The molecule has 1 aromatic heterocycles. The quantitative estimate of drug-likeness (QED) is 0.904. The SMILES string of the molecule is Cc1ccc(F)cc1-c1noc(C2CCCC2O)n1. The molecule has 1 heterocycles. The maximum absolute atomic E-state index is 13.3. The number of hydrogen-bond acceptors (Lipinski definition) is 4. The van der Waals surface area contributed by atoms with Gasteiger partial charge in [-0.25, -0.2) is 4.39 Å². The Morgan fingerprint density at radius 1 is 1.37 bits per heavy atom. The van der Waals surface area contributed by atoms with E-state index >= 15 is 0 Å². The Kier molecular flexibility index (Phi) is 3.06. The third-order valence-electron chi connectivity index (χ3n) is 3.68. The van der Waals surface area contributed by atoms with E-state index < -0.39 is 6.10 Å². The van der Waals surface area contributed by atoms with Gasteiger partial charge in [0, 0.05) is 5.56 Å². The molecule has 5 heteroatoms. The number of hydrogen-bond donors (Lipinski definition) is 1. The van der Waals surface area contributed by atoms with Gasteiger partial charge in [-0.05, 0) is 43.9 Å². The number of aryl methyl sites for hydroxylation is 1. The van der Waals surface area contributed by atoms with E-state index in [-0.39, 0.29) is 11.7 Å². The van der Waals surface area contributed by atoms with Crippen molar-refractivity contribution in [3.63, 3.8) is 0 Å². The lowest BCUT2D eigenvalue weighted by Gasteiger charge is -2.07. The number of aliphatic hydroxyl groups excluding tert-OH is 1. The monoisotopic (exact) mass is 262 g/mol. The highest BCUT2D eigenvalue weighted by Crippen LogP contribution is 2.34. The second-order valence-electron chi connectivity index (χ2n) is 5.02. The van der Waals surface area contributed by atoms with Crippen LogP contribution in [0.2, 0.25) is 0 Å². The standard InChI is InChI=1S/C14H15FN2O2/c1-8-5-6-9(15)7-11(8)13-16-14(19-17-13)10-3-2-4-12(10)18/h5-7,10,12,18H,2-4H2,1H3. The van der Waals surface area contributed by atoms with Gasteiger partial charge >= 0.3 is 0 Å². The normalized spacial score (nSPS) is 22.9. The molecule has 1 saturated carbocycles. The van der Waals surface area contributed by atoms with E-state index in [2.05, 4.69) is 10.1 Å².